The van der Waals surface area contributed by atoms with Crippen LogP contribution in [-0.4, -0.2) is 44.1 Å². The molecule has 2 atom stereocenters. The molecule has 0 aliphatic carbocycles. The number of halogens is 1. The molecule has 2 fully saturated rings. The molecule has 2 aliphatic heterocycles. The molecular formula is C26H31FO5. The summed E-state index contributed by atoms with van der Waals surface area (Å²) in [4.78, 5) is 0. The Balaban J connectivity index is 0.000000242. The zero-order valence-electron chi connectivity index (χ0n) is 18.4. The van der Waals surface area contributed by atoms with E-state index >= 15 is 0 Å². The maximum atomic E-state index is 12.8. The van der Waals surface area contributed by atoms with Crippen molar-refractivity contribution in [3.63, 3.8) is 0 Å². The van der Waals surface area contributed by atoms with E-state index in [-0.39, 0.29) is 31.6 Å². The summed E-state index contributed by atoms with van der Waals surface area (Å²) < 4.78 is 34.7. The standard InChI is InChI=1S/C16H13FO2.C10H18O3/c17-15-10-9-11-16(14-15)19-13-8-6-4-2-1-3-5-7-12-18;1-3-7-11-9(5-1)13-10-6-2-4-8-12-10/h9-11,14,18H,3-4,12-13H2;9-10H,1-8H2. The fourth-order valence-corrected chi connectivity index (χ4v) is 2.93. The molecule has 6 heteroatoms. The van der Waals surface area contributed by atoms with Crippen LogP contribution >= 0.6 is 0 Å². The average molecular weight is 443 g/mol. The zero-order chi connectivity index (χ0) is 22.7. The second-order valence-electron chi connectivity index (χ2n) is 7.05. The lowest BCUT2D eigenvalue weighted by atomic mass is 10.2. The number of hydrogen-bond donors (Lipinski definition) is 1. The van der Waals surface area contributed by atoms with E-state index in [1.165, 1.54) is 37.8 Å². The van der Waals surface area contributed by atoms with Crippen LogP contribution in [-0.2, 0) is 14.2 Å². The van der Waals surface area contributed by atoms with E-state index in [1.54, 1.807) is 12.1 Å². The Morgan fingerprint density at radius 2 is 1.50 bits per heavy atom. The van der Waals surface area contributed by atoms with Gasteiger partial charge in [-0.05, 0) is 50.7 Å². The molecular weight excluding hydrogens is 411 g/mol. The molecule has 5 nitrogen and oxygen atoms in total. The van der Waals surface area contributed by atoms with Gasteiger partial charge in [0.2, 0.25) is 0 Å². The number of benzene rings is 1. The maximum Gasteiger partial charge on any atom is 0.160 e. The number of aliphatic hydroxyl groups is 1. The molecule has 0 amide bonds. The summed E-state index contributed by atoms with van der Waals surface area (Å²) in [7, 11) is 0. The van der Waals surface area contributed by atoms with E-state index in [0.29, 0.717) is 18.6 Å². The van der Waals surface area contributed by atoms with Gasteiger partial charge in [0.05, 0.1) is 12.8 Å². The van der Waals surface area contributed by atoms with Crippen molar-refractivity contribution in [3.8, 4) is 41.3 Å². The third-order valence-corrected chi connectivity index (χ3v) is 4.49. The number of aliphatic hydroxyl groups excluding tert-OH is 1. The maximum absolute atomic E-state index is 12.8. The molecule has 1 aromatic carbocycles. The molecule has 2 heterocycles. The highest BCUT2D eigenvalue weighted by Crippen LogP contribution is 2.20. The van der Waals surface area contributed by atoms with Gasteiger partial charge in [-0.1, -0.05) is 41.6 Å². The molecule has 172 valence electrons. The molecule has 0 radical (unpaired) electrons. The minimum Gasteiger partial charge on any atom is -0.481 e. The summed E-state index contributed by atoms with van der Waals surface area (Å²) >= 11 is 0. The van der Waals surface area contributed by atoms with Crippen molar-refractivity contribution in [1.29, 1.82) is 0 Å². The minimum absolute atomic E-state index is 0.00292. The highest BCUT2D eigenvalue weighted by molar-refractivity contribution is 5.23. The van der Waals surface area contributed by atoms with E-state index in [2.05, 4.69) is 35.5 Å². The van der Waals surface area contributed by atoms with E-state index in [0.717, 1.165) is 26.1 Å². The highest BCUT2D eigenvalue weighted by atomic mass is 19.1. The SMILES string of the molecule is C1CCC(OC2CCCCO2)OC1.OCC#CCC#CCC#CCOc1cccc(F)c1. The summed E-state index contributed by atoms with van der Waals surface area (Å²) in [6.45, 7) is 1.75. The summed E-state index contributed by atoms with van der Waals surface area (Å²) in [6.07, 6.45) is 7.70. The number of hydrogen-bond acceptors (Lipinski definition) is 5. The van der Waals surface area contributed by atoms with Gasteiger partial charge in [0.1, 0.15) is 24.8 Å². The van der Waals surface area contributed by atoms with Crippen molar-refractivity contribution in [3.05, 3.63) is 30.1 Å². The van der Waals surface area contributed by atoms with Gasteiger partial charge in [0.25, 0.3) is 0 Å². The Labute approximate surface area is 190 Å². The average Bonchev–Trinajstić information content (AvgIpc) is 2.82. The van der Waals surface area contributed by atoms with Gasteiger partial charge in [-0.3, -0.25) is 0 Å². The quantitative estimate of drug-likeness (QED) is 0.714. The second-order valence-corrected chi connectivity index (χ2v) is 7.05. The number of ether oxygens (including phenoxy) is 4. The van der Waals surface area contributed by atoms with Gasteiger partial charge in [-0.2, -0.15) is 0 Å². The smallest absolute Gasteiger partial charge is 0.160 e. The summed E-state index contributed by atoms with van der Waals surface area (Å²) in [5.74, 6) is 16.5. The first-order valence-corrected chi connectivity index (χ1v) is 11.0. The van der Waals surface area contributed by atoms with Crippen molar-refractivity contribution in [2.45, 2.75) is 63.9 Å². The molecule has 2 unspecified atom stereocenters. The lowest BCUT2D eigenvalue weighted by Crippen LogP contribution is -2.31. The summed E-state index contributed by atoms with van der Waals surface area (Å²) in [5.41, 5.74) is 0. The lowest BCUT2D eigenvalue weighted by molar-refractivity contribution is -0.264. The van der Waals surface area contributed by atoms with Crippen molar-refractivity contribution in [1.82, 2.24) is 0 Å². The molecule has 0 aromatic heterocycles. The van der Waals surface area contributed by atoms with Gasteiger partial charge < -0.3 is 24.1 Å². The van der Waals surface area contributed by atoms with E-state index in [9.17, 15) is 4.39 Å². The van der Waals surface area contributed by atoms with Crippen LogP contribution in [0.2, 0.25) is 0 Å². The molecule has 0 bridgehead atoms. The van der Waals surface area contributed by atoms with Crippen molar-refractivity contribution < 1.29 is 28.4 Å². The van der Waals surface area contributed by atoms with Crippen LogP contribution in [0.1, 0.15) is 51.4 Å². The fourth-order valence-electron chi connectivity index (χ4n) is 2.93. The predicted molar refractivity (Wildman–Crippen MR) is 120 cm³/mol. The monoisotopic (exact) mass is 442 g/mol. The van der Waals surface area contributed by atoms with Crippen LogP contribution in [0.3, 0.4) is 0 Å². The topological polar surface area (TPSA) is 57.2 Å². The van der Waals surface area contributed by atoms with Gasteiger partial charge in [0, 0.05) is 19.3 Å². The van der Waals surface area contributed by atoms with Crippen LogP contribution in [0, 0.1) is 41.3 Å². The Morgan fingerprint density at radius 1 is 0.875 bits per heavy atom. The Morgan fingerprint density at radius 3 is 2.06 bits per heavy atom. The van der Waals surface area contributed by atoms with Gasteiger partial charge in [-0.15, -0.1) is 0 Å². The van der Waals surface area contributed by atoms with Crippen LogP contribution in [0.15, 0.2) is 24.3 Å². The van der Waals surface area contributed by atoms with Gasteiger partial charge >= 0.3 is 0 Å². The molecule has 0 saturated carbocycles. The Kier molecular flexibility index (Phi) is 13.7. The first kappa shape index (κ1) is 25.7. The molecule has 32 heavy (non-hydrogen) atoms. The Hall–Kier alpha value is -2.53. The summed E-state index contributed by atoms with van der Waals surface area (Å²) in [5, 5.41) is 8.40. The molecule has 1 aromatic rings. The van der Waals surface area contributed by atoms with E-state index < -0.39 is 0 Å². The Bertz CT molecular complexity index is 809. The number of rotatable bonds is 4. The molecule has 0 spiro atoms. The third-order valence-electron chi connectivity index (χ3n) is 4.49. The first-order chi connectivity index (χ1) is 15.8. The fraction of sp³-hybridized carbons (Fsp3) is 0.538. The second kappa shape index (κ2) is 17.1. The third kappa shape index (κ3) is 12.4. The van der Waals surface area contributed by atoms with Crippen LogP contribution in [0.25, 0.3) is 0 Å². The molecule has 2 aliphatic rings. The van der Waals surface area contributed by atoms with Gasteiger partial charge in [-0.25, -0.2) is 4.39 Å². The van der Waals surface area contributed by atoms with Crippen molar-refractivity contribution >= 4 is 0 Å². The normalized spacial score (nSPS) is 19.4. The predicted octanol–water partition coefficient (Wildman–Crippen LogP) is 4.04. The highest BCUT2D eigenvalue weighted by Gasteiger charge is 2.21. The summed E-state index contributed by atoms with van der Waals surface area (Å²) in [6, 6.07) is 5.91. The van der Waals surface area contributed by atoms with Crippen molar-refractivity contribution in [2.24, 2.45) is 0 Å². The lowest BCUT2D eigenvalue weighted by Gasteiger charge is -2.29. The minimum atomic E-state index is -0.333. The van der Waals surface area contributed by atoms with E-state index in [4.69, 9.17) is 24.1 Å². The van der Waals surface area contributed by atoms with E-state index in [1.807, 2.05) is 0 Å². The molecule has 2 saturated heterocycles. The van der Waals surface area contributed by atoms with Crippen LogP contribution in [0.5, 0.6) is 5.75 Å². The van der Waals surface area contributed by atoms with Crippen molar-refractivity contribution in [2.75, 3.05) is 26.4 Å². The van der Waals surface area contributed by atoms with Gasteiger partial charge in [0.15, 0.2) is 12.6 Å². The molecule has 1 N–H and O–H groups in total. The van der Waals surface area contributed by atoms with Crippen LogP contribution < -0.4 is 4.74 Å². The largest absolute Gasteiger partial charge is 0.481 e. The van der Waals surface area contributed by atoms with Crippen LogP contribution in [0.4, 0.5) is 4.39 Å². The molecule has 3 rings (SSSR count). The first-order valence-electron chi connectivity index (χ1n) is 11.0. The zero-order valence-corrected chi connectivity index (χ0v) is 18.4.